The van der Waals surface area contributed by atoms with E-state index in [9.17, 15) is 9.59 Å². The van der Waals surface area contributed by atoms with Crippen molar-refractivity contribution in [3.63, 3.8) is 0 Å². The van der Waals surface area contributed by atoms with Gasteiger partial charge in [-0.25, -0.2) is 4.79 Å². The van der Waals surface area contributed by atoms with E-state index < -0.39 is 6.16 Å². The normalized spacial score (nSPS) is 9.20. The van der Waals surface area contributed by atoms with Crippen LogP contribution in [-0.4, -0.2) is 15.1 Å². The van der Waals surface area contributed by atoms with Crippen LogP contribution in [0.3, 0.4) is 0 Å². The van der Waals surface area contributed by atoms with Gasteiger partial charge in [0.25, 0.3) is 3.91 Å². The summed E-state index contributed by atoms with van der Waals surface area (Å²) in [6, 6.07) is 1.51. The summed E-state index contributed by atoms with van der Waals surface area (Å²) in [6.45, 7) is 0. The second-order valence-corrected chi connectivity index (χ2v) is 3.62. The number of nitrogens with zero attached hydrogens (tertiary/aromatic N) is 1. The molecule has 1 heterocycles. The summed E-state index contributed by atoms with van der Waals surface area (Å²) in [5, 5.41) is 2.48. The Labute approximate surface area is 113 Å². The van der Waals surface area contributed by atoms with Crippen LogP contribution in [0.1, 0.15) is 0 Å². The van der Waals surface area contributed by atoms with Crippen molar-refractivity contribution in [2.24, 2.45) is 0 Å². The summed E-state index contributed by atoms with van der Waals surface area (Å²) in [5.41, 5.74) is 0.353. The molecule has 0 saturated heterocycles. The van der Waals surface area contributed by atoms with Crippen LogP contribution in [0.25, 0.3) is 0 Å². The van der Waals surface area contributed by atoms with Crippen LogP contribution < -0.4 is 10.1 Å². The number of amides is 1. The van der Waals surface area contributed by atoms with Crippen LogP contribution in [0.4, 0.5) is 15.3 Å². The molecule has 0 aliphatic heterocycles. The van der Waals surface area contributed by atoms with Crippen molar-refractivity contribution in [2.45, 2.75) is 0 Å². The van der Waals surface area contributed by atoms with Gasteiger partial charge in [0.05, 0.1) is 11.9 Å². The van der Waals surface area contributed by atoms with Crippen molar-refractivity contribution >= 4 is 61.4 Å². The highest BCUT2D eigenvalue weighted by Crippen LogP contribution is 2.23. The minimum absolute atomic E-state index is 0.129. The van der Waals surface area contributed by atoms with E-state index in [-0.39, 0.29) is 9.66 Å². The molecule has 8 heteroatoms. The number of hydrogen-bond donors (Lipinski definition) is 1. The fourth-order valence-corrected chi connectivity index (χ4v) is 1.16. The number of ether oxygens (including phenoxy) is 1. The molecular formula is C7H4I2N2O4. The van der Waals surface area contributed by atoms with Gasteiger partial charge in [0.1, 0.15) is 0 Å². The maximum atomic E-state index is 10.8. The first-order valence-electron chi connectivity index (χ1n) is 3.54. The van der Waals surface area contributed by atoms with Gasteiger partial charge in [0.15, 0.2) is 28.8 Å². The molecular weight excluding hydrogens is 430 g/mol. The smallest absolute Gasteiger partial charge is 0.391 e. The summed E-state index contributed by atoms with van der Waals surface area (Å²) in [7, 11) is 0. The standard InChI is InChI=1S/C7H4I2N2O4/c8-6(12)11-4-1-2-10-3-5(4)14-7(13)15-9/h1-3H,(H,10,11,12). The summed E-state index contributed by atoms with van der Waals surface area (Å²) in [6.07, 6.45) is 1.88. The zero-order valence-electron chi connectivity index (χ0n) is 7.07. The second-order valence-electron chi connectivity index (χ2n) is 2.20. The number of aromatic nitrogens is 1. The van der Waals surface area contributed by atoms with Gasteiger partial charge in [-0.2, -0.15) is 0 Å². The highest BCUT2D eigenvalue weighted by Gasteiger charge is 2.10. The number of halogens is 2. The molecule has 0 aliphatic rings. The van der Waals surface area contributed by atoms with Gasteiger partial charge >= 0.3 is 6.16 Å². The number of hydrogen-bond acceptors (Lipinski definition) is 5. The first-order chi connectivity index (χ1) is 7.13. The molecule has 0 aliphatic carbocycles. The number of rotatable bonds is 2. The molecule has 0 fully saturated rings. The van der Waals surface area contributed by atoms with Crippen LogP contribution in [0.2, 0.25) is 0 Å². The Kier molecular flexibility index (Phi) is 5.01. The molecule has 0 spiro atoms. The van der Waals surface area contributed by atoms with Crippen molar-refractivity contribution in [3.8, 4) is 5.75 Å². The van der Waals surface area contributed by atoms with Gasteiger partial charge in [0.2, 0.25) is 0 Å². The Bertz CT molecular complexity index is 385. The lowest BCUT2D eigenvalue weighted by molar-refractivity contribution is 0.167. The number of carbonyl (C=O) groups excluding carboxylic acids is 2. The van der Waals surface area contributed by atoms with E-state index >= 15 is 0 Å². The Hall–Kier alpha value is -0.650. The number of carbonyl (C=O) groups is 2. The zero-order chi connectivity index (χ0) is 11.3. The van der Waals surface area contributed by atoms with Crippen LogP contribution in [0.5, 0.6) is 5.75 Å². The molecule has 15 heavy (non-hydrogen) atoms. The van der Waals surface area contributed by atoms with Gasteiger partial charge in [-0.15, -0.1) is 0 Å². The number of anilines is 1. The Balaban J connectivity index is 2.85. The summed E-state index contributed by atoms with van der Waals surface area (Å²) in [4.78, 5) is 25.4. The first-order valence-corrected chi connectivity index (χ1v) is 5.50. The van der Waals surface area contributed by atoms with Gasteiger partial charge in [0, 0.05) is 28.8 Å². The lowest BCUT2D eigenvalue weighted by atomic mass is 10.4. The number of nitrogens with one attached hydrogen (secondary N) is 1. The third kappa shape index (κ3) is 4.15. The second kappa shape index (κ2) is 6.05. The van der Waals surface area contributed by atoms with Gasteiger partial charge in [-0.05, 0) is 6.07 Å². The van der Waals surface area contributed by atoms with Gasteiger partial charge in [-0.1, -0.05) is 0 Å². The van der Waals surface area contributed by atoms with E-state index in [1.807, 2.05) is 0 Å². The van der Waals surface area contributed by atoms with Gasteiger partial charge < -0.3 is 13.1 Å². The number of pyridine rings is 1. The Morgan fingerprint density at radius 2 is 2.20 bits per heavy atom. The topological polar surface area (TPSA) is 77.5 Å². The molecule has 0 unspecified atom stereocenters. The molecule has 0 aromatic carbocycles. The van der Waals surface area contributed by atoms with Crippen LogP contribution >= 0.6 is 45.6 Å². The molecule has 1 amide bonds. The molecule has 0 atom stereocenters. The largest absolute Gasteiger partial charge is 0.523 e. The lowest BCUT2D eigenvalue weighted by Crippen LogP contribution is -2.08. The zero-order valence-corrected chi connectivity index (χ0v) is 11.4. The highest BCUT2D eigenvalue weighted by molar-refractivity contribution is 14.1. The van der Waals surface area contributed by atoms with E-state index in [1.54, 1.807) is 22.6 Å². The molecule has 1 N–H and O–H groups in total. The van der Waals surface area contributed by atoms with E-state index in [1.165, 1.54) is 41.5 Å². The minimum Gasteiger partial charge on any atom is -0.391 e. The fourth-order valence-electron chi connectivity index (χ4n) is 0.776. The monoisotopic (exact) mass is 434 g/mol. The summed E-state index contributed by atoms with van der Waals surface area (Å²) in [5.74, 6) is 0.129. The first kappa shape index (κ1) is 12.4. The average molecular weight is 434 g/mol. The Morgan fingerprint density at radius 3 is 2.80 bits per heavy atom. The third-order valence-electron chi connectivity index (χ3n) is 1.27. The predicted octanol–water partition coefficient (Wildman–Crippen LogP) is 2.91. The van der Waals surface area contributed by atoms with E-state index in [2.05, 4.69) is 13.4 Å². The van der Waals surface area contributed by atoms with Crippen LogP contribution in [0.15, 0.2) is 18.5 Å². The Morgan fingerprint density at radius 1 is 1.47 bits per heavy atom. The molecule has 0 saturated carbocycles. The SMILES string of the molecule is O=C(I)Nc1ccncc1OC(=O)OI. The summed E-state index contributed by atoms with van der Waals surface area (Å²) < 4.78 is 8.73. The van der Waals surface area contributed by atoms with Crippen molar-refractivity contribution in [3.05, 3.63) is 18.5 Å². The molecule has 1 rings (SSSR count). The summed E-state index contributed by atoms with van der Waals surface area (Å²) >= 11 is 2.96. The molecule has 80 valence electrons. The lowest BCUT2D eigenvalue weighted by Gasteiger charge is -2.06. The van der Waals surface area contributed by atoms with Crippen molar-refractivity contribution in [1.82, 2.24) is 4.98 Å². The van der Waals surface area contributed by atoms with Crippen LogP contribution in [0, 0.1) is 0 Å². The minimum atomic E-state index is -0.882. The van der Waals surface area contributed by atoms with Crippen molar-refractivity contribution in [2.75, 3.05) is 5.32 Å². The maximum absolute atomic E-state index is 10.8. The van der Waals surface area contributed by atoms with Crippen LogP contribution in [-0.2, 0) is 3.07 Å². The molecule has 1 aromatic rings. The van der Waals surface area contributed by atoms with Crippen molar-refractivity contribution < 1.29 is 17.4 Å². The highest BCUT2D eigenvalue weighted by atomic mass is 127. The van der Waals surface area contributed by atoms with E-state index in [0.29, 0.717) is 5.69 Å². The quantitative estimate of drug-likeness (QED) is 0.336. The predicted molar refractivity (Wildman–Crippen MR) is 68.4 cm³/mol. The fraction of sp³-hybridized carbons (Fsp3) is 0. The third-order valence-corrected chi connectivity index (χ3v) is 1.90. The maximum Gasteiger partial charge on any atom is 0.523 e. The van der Waals surface area contributed by atoms with E-state index in [4.69, 9.17) is 4.74 Å². The molecule has 6 nitrogen and oxygen atoms in total. The molecule has 0 bridgehead atoms. The molecule has 0 radical (unpaired) electrons. The van der Waals surface area contributed by atoms with Gasteiger partial charge in [-0.3, -0.25) is 9.78 Å². The van der Waals surface area contributed by atoms with E-state index in [0.717, 1.165) is 0 Å². The molecule has 1 aromatic heterocycles. The van der Waals surface area contributed by atoms with Crippen molar-refractivity contribution in [1.29, 1.82) is 0 Å². The average Bonchev–Trinajstić information content (AvgIpc) is 2.20.